The molecular formula is C29H30N6O4. The Kier molecular flexibility index (Phi) is 7.25. The number of methoxy groups -OCH3 is 1. The molecule has 3 heterocycles. The molecule has 2 N–H and O–H groups in total. The number of nitrogens with one attached hydrogen (secondary N) is 2. The number of amides is 2. The summed E-state index contributed by atoms with van der Waals surface area (Å²) < 4.78 is 11.4. The molecule has 10 heteroatoms. The van der Waals surface area contributed by atoms with E-state index in [1.165, 1.54) is 4.90 Å². The Balaban J connectivity index is 1.52. The minimum Gasteiger partial charge on any atom is -0.497 e. The molecule has 0 fully saturated rings. The number of carbonyl (C=O) groups is 2. The number of rotatable bonds is 7. The maximum Gasteiger partial charge on any atom is 0.289 e. The molecule has 5 rings (SSSR count). The number of carbonyl (C=O) groups excluding carboxylic acids is 2. The van der Waals surface area contributed by atoms with Crippen LogP contribution >= 0.6 is 0 Å². The summed E-state index contributed by atoms with van der Waals surface area (Å²) in [6.07, 6.45) is 6.88. The number of nitriles is 1. The van der Waals surface area contributed by atoms with Gasteiger partial charge in [-0.3, -0.25) is 14.6 Å². The predicted molar refractivity (Wildman–Crippen MR) is 147 cm³/mol. The van der Waals surface area contributed by atoms with Crippen LogP contribution in [0.1, 0.15) is 34.5 Å². The van der Waals surface area contributed by atoms with E-state index < -0.39 is 0 Å². The van der Waals surface area contributed by atoms with Crippen molar-refractivity contribution >= 4 is 28.4 Å². The summed E-state index contributed by atoms with van der Waals surface area (Å²) in [6.45, 7) is 1.68. The third-order valence-corrected chi connectivity index (χ3v) is 6.86. The molecule has 2 amide bonds. The van der Waals surface area contributed by atoms with E-state index in [2.05, 4.69) is 23.1 Å². The Morgan fingerprint density at radius 3 is 2.74 bits per heavy atom. The van der Waals surface area contributed by atoms with Gasteiger partial charge < -0.3 is 24.4 Å². The number of hydrogen-bond acceptors (Lipinski definition) is 8. The van der Waals surface area contributed by atoms with Crippen LogP contribution in [-0.2, 0) is 4.79 Å². The first-order chi connectivity index (χ1) is 18.9. The van der Waals surface area contributed by atoms with Gasteiger partial charge in [0.1, 0.15) is 11.3 Å². The zero-order valence-corrected chi connectivity index (χ0v) is 22.2. The zero-order valence-electron chi connectivity index (χ0n) is 22.2. The van der Waals surface area contributed by atoms with Gasteiger partial charge in [-0.15, -0.1) is 5.53 Å². The van der Waals surface area contributed by atoms with Crippen molar-refractivity contribution in [2.75, 3.05) is 40.8 Å². The highest BCUT2D eigenvalue weighted by Crippen LogP contribution is 2.38. The van der Waals surface area contributed by atoms with E-state index in [0.29, 0.717) is 54.1 Å². The van der Waals surface area contributed by atoms with E-state index >= 15 is 0 Å². The second-order valence-corrected chi connectivity index (χ2v) is 9.62. The molecule has 2 aliphatic heterocycles. The lowest BCUT2D eigenvalue weighted by atomic mass is 9.92. The minimum absolute atomic E-state index is 0.0769. The first-order valence-corrected chi connectivity index (χ1v) is 12.7. The lowest BCUT2D eigenvalue weighted by Gasteiger charge is -2.28. The minimum atomic E-state index is -0.250. The van der Waals surface area contributed by atoms with Crippen molar-refractivity contribution in [2.24, 2.45) is 0 Å². The molecule has 0 saturated carbocycles. The van der Waals surface area contributed by atoms with Crippen molar-refractivity contribution in [3.05, 3.63) is 71.8 Å². The number of nitrogens with zero attached hydrogens (tertiary/aromatic N) is 4. The van der Waals surface area contributed by atoms with E-state index in [1.54, 1.807) is 45.6 Å². The zero-order chi connectivity index (χ0) is 27.5. The predicted octanol–water partition coefficient (Wildman–Crippen LogP) is 3.48. The summed E-state index contributed by atoms with van der Waals surface area (Å²) in [4.78, 5) is 29.1. The Hall–Kier alpha value is -4.75. The van der Waals surface area contributed by atoms with E-state index in [1.807, 2.05) is 34.3 Å². The third-order valence-electron chi connectivity index (χ3n) is 6.86. The van der Waals surface area contributed by atoms with E-state index in [0.717, 1.165) is 22.9 Å². The first-order valence-electron chi connectivity index (χ1n) is 12.7. The molecule has 1 aromatic heterocycles. The average molecular weight is 527 g/mol. The molecule has 0 spiro atoms. The largest absolute Gasteiger partial charge is 0.497 e. The monoisotopic (exact) mass is 526 g/mol. The van der Waals surface area contributed by atoms with Gasteiger partial charge in [-0.05, 0) is 54.0 Å². The fraction of sp³-hybridized carbons (Fsp3) is 0.276. The van der Waals surface area contributed by atoms with E-state index in [4.69, 9.17) is 9.15 Å². The fourth-order valence-corrected chi connectivity index (χ4v) is 4.80. The molecular weight excluding hydrogens is 496 g/mol. The van der Waals surface area contributed by atoms with Gasteiger partial charge in [-0.1, -0.05) is 6.08 Å². The molecule has 0 aliphatic carbocycles. The SMILES string of the molecule is COc1ccc(-c2cc(C3=CCCN(C(=O)CCN4C=CNN4)C3)cc3cc(C(=O)N(C)C)oc23)c(C#N)c1. The molecule has 0 saturated heterocycles. The summed E-state index contributed by atoms with van der Waals surface area (Å²) in [5, 5.41) is 12.5. The summed E-state index contributed by atoms with van der Waals surface area (Å²) in [5.74, 6) is 0.618. The van der Waals surface area contributed by atoms with Gasteiger partial charge in [0.15, 0.2) is 5.76 Å². The number of furan rings is 1. The van der Waals surface area contributed by atoms with E-state index in [-0.39, 0.29) is 17.6 Å². The normalized spacial score (nSPS) is 14.7. The Morgan fingerprint density at radius 1 is 1.18 bits per heavy atom. The Labute approximate surface area is 226 Å². The molecule has 2 aromatic carbocycles. The average Bonchev–Trinajstić information content (AvgIpc) is 3.64. The van der Waals surface area contributed by atoms with Crippen LogP contribution in [0.5, 0.6) is 5.75 Å². The number of ether oxygens (including phenoxy) is 1. The smallest absolute Gasteiger partial charge is 0.289 e. The highest BCUT2D eigenvalue weighted by atomic mass is 16.5. The van der Waals surface area contributed by atoms with Crippen molar-refractivity contribution in [1.29, 1.82) is 5.26 Å². The quantitative estimate of drug-likeness (QED) is 0.481. The molecule has 3 aromatic rings. The maximum atomic E-state index is 13.0. The molecule has 0 unspecified atom stereocenters. The molecule has 200 valence electrons. The molecule has 0 atom stereocenters. The van der Waals surface area contributed by atoms with Gasteiger partial charge in [0.25, 0.3) is 5.91 Å². The second-order valence-electron chi connectivity index (χ2n) is 9.62. The van der Waals surface area contributed by atoms with Crippen molar-refractivity contribution < 1.29 is 18.7 Å². The topological polar surface area (TPSA) is 114 Å². The van der Waals surface area contributed by atoms with Gasteiger partial charge in [-0.25, -0.2) is 0 Å². The van der Waals surface area contributed by atoms with Crippen LogP contribution < -0.4 is 15.7 Å². The van der Waals surface area contributed by atoms with Gasteiger partial charge in [-0.2, -0.15) is 5.26 Å². The number of fused-ring (bicyclic) bond motifs is 1. The lowest BCUT2D eigenvalue weighted by molar-refractivity contribution is -0.131. The van der Waals surface area contributed by atoms with Crippen LogP contribution in [0.4, 0.5) is 0 Å². The number of hydrogen-bond donors (Lipinski definition) is 2. The molecule has 39 heavy (non-hydrogen) atoms. The van der Waals surface area contributed by atoms with Crippen LogP contribution in [0.2, 0.25) is 0 Å². The highest BCUT2D eigenvalue weighted by Gasteiger charge is 2.23. The molecule has 0 bridgehead atoms. The van der Waals surface area contributed by atoms with Crippen LogP contribution in [-0.4, -0.2) is 67.5 Å². The van der Waals surface area contributed by atoms with Crippen molar-refractivity contribution in [2.45, 2.75) is 12.8 Å². The maximum absolute atomic E-state index is 13.0. The third kappa shape index (κ3) is 5.30. The summed E-state index contributed by atoms with van der Waals surface area (Å²) in [7, 11) is 4.90. The van der Waals surface area contributed by atoms with E-state index in [9.17, 15) is 14.9 Å². The van der Waals surface area contributed by atoms with Crippen LogP contribution in [0.15, 0.2) is 59.3 Å². The van der Waals surface area contributed by atoms with Crippen LogP contribution in [0, 0.1) is 11.3 Å². The summed E-state index contributed by atoms with van der Waals surface area (Å²) in [6, 6.07) is 13.3. The van der Waals surface area contributed by atoms with Gasteiger partial charge >= 0.3 is 0 Å². The van der Waals surface area contributed by atoms with Crippen molar-refractivity contribution in [3.8, 4) is 22.9 Å². The first kappa shape index (κ1) is 25.9. The summed E-state index contributed by atoms with van der Waals surface area (Å²) >= 11 is 0. The standard InChI is InChI=1S/C29H30N6O4/c1-33(2)29(37)26-16-21-13-20(15-25(28(21)39-26)24-7-6-23(38-3)14-22(24)17-30)19-5-4-10-34(18-19)27(36)8-11-35-12-9-31-32-35/h5-7,9,12-16,31-32H,4,8,10-11,18H2,1-3H3. The van der Waals surface area contributed by atoms with Crippen LogP contribution in [0.25, 0.3) is 27.7 Å². The Bertz CT molecular complexity index is 1530. The van der Waals surface area contributed by atoms with Gasteiger partial charge in [0.2, 0.25) is 5.91 Å². The van der Waals surface area contributed by atoms with Crippen molar-refractivity contribution in [1.82, 2.24) is 25.8 Å². The fourth-order valence-electron chi connectivity index (χ4n) is 4.80. The molecule has 2 aliphatic rings. The lowest BCUT2D eigenvalue weighted by Crippen LogP contribution is -2.40. The summed E-state index contributed by atoms with van der Waals surface area (Å²) in [5.41, 5.74) is 10.1. The van der Waals surface area contributed by atoms with Gasteiger partial charge in [0.05, 0.1) is 18.7 Å². The molecule has 10 nitrogen and oxygen atoms in total. The number of benzene rings is 2. The van der Waals surface area contributed by atoms with Crippen molar-refractivity contribution in [3.63, 3.8) is 0 Å². The highest BCUT2D eigenvalue weighted by molar-refractivity contribution is 6.02. The second kappa shape index (κ2) is 10.9. The molecule has 0 radical (unpaired) electrons. The Morgan fingerprint density at radius 2 is 2.03 bits per heavy atom. The number of hydrazine groups is 2. The van der Waals surface area contributed by atoms with Crippen LogP contribution in [0.3, 0.4) is 0 Å². The van der Waals surface area contributed by atoms with Gasteiger partial charge in [0, 0.05) is 69.1 Å².